The molecule has 0 unspecified atom stereocenters. The van der Waals surface area contributed by atoms with E-state index in [9.17, 15) is 4.79 Å². The van der Waals surface area contributed by atoms with Gasteiger partial charge in [-0.1, -0.05) is 6.07 Å². The van der Waals surface area contributed by atoms with Crippen molar-refractivity contribution in [1.29, 1.82) is 0 Å². The summed E-state index contributed by atoms with van der Waals surface area (Å²) in [5, 5.41) is 2.97. The zero-order valence-corrected chi connectivity index (χ0v) is 16.0. The van der Waals surface area contributed by atoms with E-state index in [0.717, 1.165) is 29.0 Å². The zero-order valence-electron chi connectivity index (χ0n) is 16.0. The molecule has 0 spiro atoms. The summed E-state index contributed by atoms with van der Waals surface area (Å²) in [5.41, 5.74) is 3.54. The summed E-state index contributed by atoms with van der Waals surface area (Å²) in [6, 6.07) is 11.4. The van der Waals surface area contributed by atoms with Gasteiger partial charge in [0.2, 0.25) is 0 Å². The Labute approximate surface area is 163 Å². The van der Waals surface area contributed by atoms with Gasteiger partial charge in [-0.3, -0.25) is 4.79 Å². The van der Waals surface area contributed by atoms with E-state index >= 15 is 0 Å². The number of nitrogens with one attached hydrogen (secondary N) is 1. The van der Waals surface area contributed by atoms with E-state index in [1.54, 1.807) is 14.2 Å². The second-order valence-electron chi connectivity index (χ2n) is 6.63. The molecule has 28 heavy (non-hydrogen) atoms. The Balaban J connectivity index is 1.41. The predicted molar refractivity (Wildman–Crippen MR) is 105 cm³/mol. The number of methoxy groups -OCH3 is 2. The molecule has 0 saturated carbocycles. The Kier molecular flexibility index (Phi) is 5.16. The second-order valence-corrected chi connectivity index (χ2v) is 6.63. The fraction of sp³-hybridized carbons (Fsp3) is 0.333. The van der Waals surface area contributed by atoms with Crippen molar-refractivity contribution in [2.45, 2.75) is 19.6 Å². The van der Waals surface area contributed by atoms with Crippen LogP contribution in [0.1, 0.15) is 21.7 Å². The molecule has 3 aromatic rings. The maximum atomic E-state index is 12.5. The lowest BCUT2D eigenvalue weighted by atomic mass is 10.1. The number of amides is 1. The molecule has 1 N–H and O–H groups in total. The molecule has 0 saturated heterocycles. The van der Waals surface area contributed by atoms with Gasteiger partial charge in [0.25, 0.3) is 5.91 Å². The normalized spacial score (nSPS) is 13.2. The van der Waals surface area contributed by atoms with Crippen molar-refractivity contribution >= 4 is 16.9 Å². The molecule has 1 aliphatic rings. The molecule has 1 aromatic heterocycles. The van der Waals surface area contributed by atoms with Crippen LogP contribution >= 0.6 is 0 Å². The highest BCUT2D eigenvalue weighted by Gasteiger charge is 2.16. The molecule has 0 aliphatic carbocycles. The number of fused-ring (bicyclic) bond motifs is 3. The SMILES string of the molecule is COc1ccc(CCNC(=O)c2ccc3c(c2)nc2n3CCOC2)cc1OC. The summed E-state index contributed by atoms with van der Waals surface area (Å²) in [4.78, 5) is 17.1. The van der Waals surface area contributed by atoms with Gasteiger partial charge in [0.15, 0.2) is 11.5 Å². The molecule has 0 bridgehead atoms. The highest BCUT2D eigenvalue weighted by Crippen LogP contribution is 2.27. The van der Waals surface area contributed by atoms with Crippen LogP contribution < -0.4 is 14.8 Å². The summed E-state index contributed by atoms with van der Waals surface area (Å²) >= 11 is 0. The van der Waals surface area contributed by atoms with E-state index in [2.05, 4.69) is 14.9 Å². The number of ether oxygens (including phenoxy) is 3. The van der Waals surface area contributed by atoms with Crippen molar-refractivity contribution in [3.63, 3.8) is 0 Å². The number of carbonyl (C=O) groups is 1. The fourth-order valence-corrected chi connectivity index (χ4v) is 3.46. The van der Waals surface area contributed by atoms with Gasteiger partial charge in [-0.25, -0.2) is 4.98 Å². The van der Waals surface area contributed by atoms with Crippen LogP contribution in [-0.2, 0) is 24.3 Å². The van der Waals surface area contributed by atoms with Crippen LogP contribution in [0.2, 0.25) is 0 Å². The van der Waals surface area contributed by atoms with Gasteiger partial charge < -0.3 is 24.1 Å². The number of nitrogens with zero attached hydrogens (tertiary/aromatic N) is 2. The van der Waals surface area contributed by atoms with Crippen molar-refractivity contribution < 1.29 is 19.0 Å². The highest BCUT2D eigenvalue weighted by atomic mass is 16.5. The highest BCUT2D eigenvalue weighted by molar-refractivity contribution is 5.97. The minimum Gasteiger partial charge on any atom is -0.493 e. The van der Waals surface area contributed by atoms with Crippen molar-refractivity contribution in [2.24, 2.45) is 0 Å². The zero-order chi connectivity index (χ0) is 19.5. The van der Waals surface area contributed by atoms with Gasteiger partial charge >= 0.3 is 0 Å². The number of benzene rings is 2. The first-order chi connectivity index (χ1) is 13.7. The van der Waals surface area contributed by atoms with E-state index < -0.39 is 0 Å². The topological polar surface area (TPSA) is 74.6 Å². The van der Waals surface area contributed by atoms with Gasteiger partial charge in [-0.15, -0.1) is 0 Å². The summed E-state index contributed by atoms with van der Waals surface area (Å²) in [7, 11) is 3.22. The molecule has 0 radical (unpaired) electrons. The first-order valence-corrected chi connectivity index (χ1v) is 9.25. The van der Waals surface area contributed by atoms with Crippen molar-refractivity contribution in [3.05, 3.63) is 53.3 Å². The first kappa shape index (κ1) is 18.3. The molecular formula is C21H23N3O4. The number of rotatable bonds is 6. The maximum absolute atomic E-state index is 12.5. The molecular weight excluding hydrogens is 358 g/mol. The van der Waals surface area contributed by atoms with Crippen molar-refractivity contribution in [2.75, 3.05) is 27.4 Å². The Hall–Kier alpha value is -3.06. The molecule has 7 nitrogen and oxygen atoms in total. The monoisotopic (exact) mass is 381 g/mol. The second kappa shape index (κ2) is 7.90. The van der Waals surface area contributed by atoms with Crippen LogP contribution in [0.3, 0.4) is 0 Å². The van der Waals surface area contributed by atoms with E-state index in [-0.39, 0.29) is 5.91 Å². The average Bonchev–Trinajstić information content (AvgIpc) is 3.11. The van der Waals surface area contributed by atoms with Crippen LogP contribution in [0.15, 0.2) is 36.4 Å². The predicted octanol–water partition coefficient (Wildman–Crippen LogP) is 2.56. The number of hydrogen-bond acceptors (Lipinski definition) is 5. The van der Waals surface area contributed by atoms with Gasteiger partial charge in [-0.2, -0.15) is 0 Å². The number of imidazole rings is 1. The lowest BCUT2D eigenvalue weighted by Crippen LogP contribution is -2.25. The number of aromatic nitrogens is 2. The van der Waals surface area contributed by atoms with E-state index in [4.69, 9.17) is 14.2 Å². The summed E-state index contributed by atoms with van der Waals surface area (Å²) in [6.07, 6.45) is 0.699. The van der Waals surface area contributed by atoms with E-state index in [1.165, 1.54) is 0 Å². The summed E-state index contributed by atoms with van der Waals surface area (Å²) in [6.45, 7) is 2.53. The largest absolute Gasteiger partial charge is 0.493 e. The minimum absolute atomic E-state index is 0.107. The molecule has 0 fully saturated rings. The fourth-order valence-electron chi connectivity index (χ4n) is 3.46. The van der Waals surface area contributed by atoms with Gasteiger partial charge in [0.1, 0.15) is 12.4 Å². The Morgan fingerprint density at radius 2 is 2.04 bits per heavy atom. The van der Waals surface area contributed by atoms with E-state index in [1.807, 2.05) is 36.4 Å². The summed E-state index contributed by atoms with van der Waals surface area (Å²) in [5.74, 6) is 2.18. The van der Waals surface area contributed by atoms with Crippen molar-refractivity contribution in [3.8, 4) is 11.5 Å². The Bertz CT molecular complexity index is 1010. The van der Waals surface area contributed by atoms with Gasteiger partial charge in [-0.05, 0) is 42.3 Å². The molecule has 2 heterocycles. The van der Waals surface area contributed by atoms with Crippen LogP contribution in [0, 0.1) is 0 Å². The third kappa shape index (κ3) is 3.53. The molecule has 1 aliphatic heterocycles. The Morgan fingerprint density at radius 3 is 2.86 bits per heavy atom. The van der Waals surface area contributed by atoms with Crippen LogP contribution in [0.25, 0.3) is 11.0 Å². The molecule has 7 heteroatoms. The quantitative estimate of drug-likeness (QED) is 0.710. The average molecular weight is 381 g/mol. The van der Waals surface area contributed by atoms with Gasteiger partial charge in [0, 0.05) is 18.7 Å². The van der Waals surface area contributed by atoms with Crippen LogP contribution in [-0.4, -0.2) is 42.8 Å². The molecule has 1 amide bonds. The molecule has 2 aromatic carbocycles. The first-order valence-electron chi connectivity index (χ1n) is 9.25. The third-order valence-corrected chi connectivity index (χ3v) is 4.93. The van der Waals surface area contributed by atoms with Crippen LogP contribution in [0.4, 0.5) is 0 Å². The molecule has 0 atom stereocenters. The van der Waals surface area contributed by atoms with Crippen molar-refractivity contribution in [1.82, 2.24) is 14.9 Å². The Morgan fingerprint density at radius 1 is 1.18 bits per heavy atom. The number of hydrogen-bond donors (Lipinski definition) is 1. The molecule has 4 rings (SSSR count). The smallest absolute Gasteiger partial charge is 0.251 e. The standard InChI is InChI=1S/C21H23N3O4/c1-26-18-6-3-14(11-19(18)27-2)7-8-22-21(25)15-4-5-17-16(12-15)23-20-13-28-10-9-24(17)20/h3-6,11-12H,7-10,13H2,1-2H3,(H,22,25). The third-order valence-electron chi connectivity index (χ3n) is 4.93. The lowest BCUT2D eigenvalue weighted by Gasteiger charge is -2.14. The minimum atomic E-state index is -0.107. The summed E-state index contributed by atoms with van der Waals surface area (Å²) < 4.78 is 18.2. The lowest BCUT2D eigenvalue weighted by molar-refractivity contribution is 0.0830. The number of carbonyl (C=O) groups excluding carboxylic acids is 1. The maximum Gasteiger partial charge on any atom is 0.251 e. The van der Waals surface area contributed by atoms with Crippen LogP contribution in [0.5, 0.6) is 11.5 Å². The molecule has 146 valence electrons. The van der Waals surface area contributed by atoms with E-state index in [0.29, 0.717) is 43.2 Å². The van der Waals surface area contributed by atoms with Gasteiger partial charge in [0.05, 0.1) is 31.9 Å².